The minimum absolute atomic E-state index is 0.0325. The number of carbonyl (C=O) groups is 2. The number of benzene rings is 1. The quantitative estimate of drug-likeness (QED) is 0.878. The molecule has 0 unspecified atom stereocenters. The molecule has 0 aliphatic carbocycles. The lowest BCUT2D eigenvalue weighted by atomic mass is 9.91. The molecule has 5 nitrogen and oxygen atoms in total. The lowest BCUT2D eigenvalue weighted by Crippen LogP contribution is -2.35. The molecule has 0 spiro atoms. The Bertz CT molecular complexity index is 755. The zero-order valence-electron chi connectivity index (χ0n) is 15.7. The Kier molecular flexibility index (Phi) is 5.77. The number of hydrogen-bond acceptors (Lipinski definition) is 3. The van der Waals surface area contributed by atoms with Crippen molar-refractivity contribution in [2.24, 2.45) is 5.41 Å². The van der Waals surface area contributed by atoms with Gasteiger partial charge in [-0.05, 0) is 38.0 Å². The van der Waals surface area contributed by atoms with Crippen LogP contribution in [0.25, 0.3) is 5.69 Å². The molecule has 1 aromatic carbocycles. The standard InChI is InChI=1S/C20H27N3O2/c1-14-17(11-12-19(25)21-13-18(24)20(3,4)5)15(2)23(22-14)16-9-7-6-8-10-16/h6-10H,11-13H2,1-5H3,(H,21,25). The SMILES string of the molecule is Cc1nn(-c2ccccc2)c(C)c1CCC(=O)NCC(=O)C(C)(C)C. The molecule has 1 heterocycles. The summed E-state index contributed by atoms with van der Waals surface area (Å²) in [6.07, 6.45) is 0.958. The first-order valence-corrected chi connectivity index (χ1v) is 8.60. The first kappa shape index (κ1) is 18.9. The van der Waals surface area contributed by atoms with Crippen LogP contribution in [-0.2, 0) is 16.0 Å². The van der Waals surface area contributed by atoms with Gasteiger partial charge in [0.2, 0.25) is 5.91 Å². The third-order valence-corrected chi connectivity index (χ3v) is 4.33. The van der Waals surface area contributed by atoms with Crippen LogP contribution in [0.2, 0.25) is 0 Å². The van der Waals surface area contributed by atoms with Crippen LogP contribution < -0.4 is 5.32 Å². The maximum Gasteiger partial charge on any atom is 0.220 e. The predicted molar refractivity (Wildman–Crippen MR) is 98.8 cm³/mol. The Morgan fingerprint density at radius 3 is 2.36 bits per heavy atom. The lowest BCUT2D eigenvalue weighted by Gasteiger charge is -2.16. The number of nitrogens with one attached hydrogen (secondary N) is 1. The maximum atomic E-state index is 12.1. The molecular formula is C20H27N3O2. The largest absolute Gasteiger partial charge is 0.349 e. The summed E-state index contributed by atoms with van der Waals surface area (Å²) in [6.45, 7) is 9.63. The van der Waals surface area contributed by atoms with Gasteiger partial charge in [0.05, 0.1) is 17.9 Å². The first-order chi connectivity index (χ1) is 11.7. The van der Waals surface area contributed by atoms with Gasteiger partial charge in [-0.15, -0.1) is 0 Å². The van der Waals surface area contributed by atoms with Crippen LogP contribution >= 0.6 is 0 Å². The molecule has 0 saturated carbocycles. The Hall–Kier alpha value is -2.43. The van der Waals surface area contributed by atoms with Gasteiger partial charge >= 0.3 is 0 Å². The van der Waals surface area contributed by atoms with E-state index in [1.165, 1.54) is 0 Å². The summed E-state index contributed by atoms with van der Waals surface area (Å²) in [6, 6.07) is 9.94. The fourth-order valence-electron chi connectivity index (χ4n) is 2.63. The average Bonchev–Trinajstić information content (AvgIpc) is 2.85. The average molecular weight is 341 g/mol. The molecule has 0 bridgehead atoms. The van der Waals surface area contributed by atoms with Crippen LogP contribution in [0.3, 0.4) is 0 Å². The molecular weight excluding hydrogens is 314 g/mol. The van der Waals surface area contributed by atoms with E-state index in [1.54, 1.807) is 0 Å². The van der Waals surface area contributed by atoms with E-state index in [9.17, 15) is 9.59 Å². The molecule has 0 fully saturated rings. The van der Waals surface area contributed by atoms with Crippen molar-refractivity contribution in [2.45, 2.75) is 47.5 Å². The molecule has 2 rings (SSSR count). The number of nitrogens with zero attached hydrogens (tertiary/aromatic N) is 2. The van der Waals surface area contributed by atoms with Gasteiger partial charge in [-0.2, -0.15) is 5.10 Å². The molecule has 5 heteroatoms. The molecule has 0 radical (unpaired) electrons. The second kappa shape index (κ2) is 7.64. The van der Waals surface area contributed by atoms with E-state index in [0.717, 1.165) is 22.6 Å². The van der Waals surface area contributed by atoms with E-state index in [2.05, 4.69) is 10.4 Å². The number of Topliss-reactive ketones (excluding diaryl/α,β-unsaturated/α-hetero) is 1. The summed E-state index contributed by atoms with van der Waals surface area (Å²) in [4.78, 5) is 23.9. The van der Waals surface area contributed by atoms with Gasteiger partial charge in [0.25, 0.3) is 0 Å². The fraction of sp³-hybridized carbons (Fsp3) is 0.450. The van der Waals surface area contributed by atoms with E-state index >= 15 is 0 Å². The minimum Gasteiger partial charge on any atom is -0.349 e. The topological polar surface area (TPSA) is 64.0 Å². The van der Waals surface area contributed by atoms with E-state index in [4.69, 9.17) is 0 Å². The molecule has 0 aliphatic heterocycles. The molecule has 25 heavy (non-hydrogen) atoms. The number of carbonyl (C=O) groups excluding carboxylic acids is 2. The summed E-state index contributed by atoms with van der Waals surface area (Å²) in [7, 11) is 0. The van der Waals surface area contributed by atoms with Crippen LogP contribution in [0.15, 0.2) is 30.3 Å². The number of ketones is 1. The van der Waals surface area contributed by atoms with Crippen LogP contribution in [0.5, 0.6) is 0 Å². The number of hydrogen-bond donors (Lipinski definition) is 1. The second-order valence-electron chi connectivity index (χ2n) is 7.35. The number of para-hydroxylation sites is 1. The monoisotopic (exact) mass is 341 g/mol. The second-order valence-corrected chi connectivity index (χ2v) is 7.35. The highest BCUT2D eigenvalue weighted by Gasteiger charge is 2.21. The maximum absolute atomic E-state index is 12.1. The molecule has 134 valence electrons. The first-order valence-electron chi connectivity index (χ1n) is 8.60. The van der Waals surface area contributed by atoms with Crippen molar-refractivity contribution in [3.63, 3.8) is 0 Å². The van der Waals surface area contributed by atoms with Crippen LogP contribution in [0, 0.1) is 19.3 Å². The van der Waals surface area contributed by atoms with Gasteiger partial charge in [0.15, 0.2) is 5.78 Å². The van der Waals surface area contributed by atoms with Crippen LogP contribution in [0.4, 0.5) is 0 Å². The molecule has 1 N–H and O–H groups in total. The van der Waals surface area contributed by atoms with Crippen molar-refractivity contribution in [1.82, 2.24) is 15.1 Å². The van der Waals surface area contributed by atoms with Gasteiger partial charge in [-0.1, -0.05) is 39.0 Å². The van der Waals surface area contributed by atoms with Crippen LogP contribution in [0.1, 0.15) is 44.1 Å². The van der Waals surface area contributed by atoms with Crippen molar-refractivity contribution >= 4 is 11.7 Å². The van der Waals surface area contributed by atoms with E-state index < -0.39 is 5.41 Å². The highest BCUT2D eigenvalue weighted by atomic mass is 16.2. The van der Waals surface area contributed by atoms with Crippen LogP contribution in [-0.4, -0.2) is 28.0 Å². The number of amides is 1. The highest BCUT2D eigenvalue weighted by molar-refractivity contribution is 5.89. The van der Waals surface area contributed by atoms with Gasteiger partial charge in [0, 0.05) is 17.5 Å². The number of rotatable bonds is 6. The summed E-state index contributed by atoms with van der Waals surface area (Å²) in [5.74, 6) is -0.0750. The molecule has 1 amide bonds. The summed E-state index contributed by atoms with van der Waals surface area (Å²) >= 11 is 0. The molecule has 1 aromatic heterocycles. The Balaban J connectivity index is 1.99. The normalized spacial score (nSPS) is 11.4. The van der Waals surface area contributed by atoms with Gasteiger partial charge in [0.1, 0.15) is 0 Å². The summed E-state index contributed by atoms with van der Waals surface area (Å²) in [5.41, 5.74) is 3.63. The molecule has 0 saturated heterocycles. The van der Waals surface area contributed by atoms with Crippen molar-refractivity contribution in [2.75, 3.05) is 6.54 Å². The zero-order chi connectivity index (χ0) is 18.6. The number of aromatic nitrogens is 2. The van der Waals surface area contributed by atoms with Crippen molar-refractivity contribution in [1.29, 1.82) is 0 Å². The van der Waals surface area contributed by atoms with Gasteiger partial charge in [-0.25, -0.2) is 4.68 Å². The third kappa shape index (κ3) is 4.78. The van der Waals surface area contributed by atoms with E-state index in [1.807, 2.05) is 69.6 Å². The lowest BCUT2D eigenvalue weighted by molar-refractivity contribution is -0.129. The minimum atomic E-state index is -0.433. The van der Waals surface area contributed by atoms with Gasteiger partial charge in [-0.3, -0.25) is 9.59 Å². The number of aryl methyl sites for hydroxylation is 1. The van der Waals surface area contributed by atoms with Crippen molar-refractivity contribution < 1.29 is 9.59 Å². The van der Waals surface area contributed by atoms with Gasteiger partial charge < -0.3 is 5.32 Å². The fourth-order valence-corrected chi connectivity index (χ4v) is 2.63. The van der Waals surface area contributed by atoms with Crippen molar-refractivity contribution in [3.05, 3.63) is 47.3 Å². The summed E-state index contributed by atoms with van der Waals surface area (Å²) in [5, 5.41) is 7.32. The molecule has 0 atom stereocenters. The Morgan fingerprint density at radius 2 is 1.76 bits per heavy atom. The predicted octanol–water partition coefficient (Wildman–Crippen LogP) is 3.15. The highest BCUT2D eigenvalue weighted by Crippen LogP contribution is 2.19. The smallest absolute Gasteiger partial charge is 0.220 e. The Morgan fingerprint density at radius 1 is 1.12 bits per heavy atom. The van der Waals surface area contributed by atoms with E-state index in [0.29, 0.717) is 12.8 Å². The van der Waals surface area contributed by atoms with Crippen molar-refractivity contribution in [3.8, 4) is 5.69 Å². The molecule has 0 aliphatic rings. The summed E-state index contributed by atoms with van der Waals surface area (Å²) < 4.78 is 1.91. The Labute approximate surface area is 149 Å². The molecule has 2 aromatic rings. The van der Waals surface area contributed by atoms with E-state index in [-0.39, 0.29) is 18.2 Å². The zero-order valence-corrected chi connectivity index (χ0v) is 15.7. The third-order valence-electron chi connectivity index (χ3n) is 4.33.